The van der Waals surface area contributed by atoms with Crippen LogP contribution in [0.25, 0.3) is 10.9 Å². The van der Waals surface area contributed by atoms with Gasteiger partial charge in [-0.25, -0.2) is 9.78 Å². The largest absolute Gasteiger partial charge is 0.467 e. The van der Waals surface area contributed by atoms with Crippen LogP contribution in [0.3, 0.4) is 0 Å². The van der Waals surface area contributed by atoms with Gasteiger partial charge < -0.3 is 9.64 Å². The number of ether oxygens (including phenoxy) is 1. The number of rotatable bonds is 2. The lowest BCUT2D eigenvalue weighted by molar-refractivity contribution is -0.145. The van der Waals surface area contributed by atoms with Gasteiger partial charge in [-0.15, -0.1) is 0 Å². The SMILES string of the molecule is COC(=O)[C@@H]1C[C@@H]2CCCC[C@@H]2N1C(=O)c1ccc2ccccc2n1. The molecule has 1 aromatic carbocycles. The fraction of sp³-hybridized carbons (Fsp3) is 0.450. The predicted octanol–water partition coefficient (Wildman–Crippen LogP) is 3.18. The number of pyridine rings is 1. The molecule has 0 unspecified atom stereocenters. The Kier molecular flexibility index (Phi) is 4.15. The number of carbonyl (C=O) groups is 2. The third-order valence-electron chi connectivity index (χ3n) is 5.61. The molecule has 1 saturated heterocycles. The highest BCUT2D eigenvalue weighted by Gasteiger charge is 2.48. The van der Waals surface area contributed by atoms with Crippen molar-refractivity contribution in [2.24, 2.45) is 5.92 Å². The zero-order chi connectivity index (χ0) is 17.4. The van der Waals surface area contributed by atoms with Crippen LogP contribution in [0.4, 0.5) is 0 Å². The topological polar surface area (TPSA) is 59.5 Å². The first kappa shape index (κ1) is 16.1. The van der Waals surface area contributed by atoms with E-state index in [1.165, 1.54) is 13.5 Å². The van der Waals surface area contributed by atoms with Crippen molar-refractivity contribution in [2.75, 3.05) is 7.11 Å². The minimum atomic E-state index is -0.487. The molecule has 2 aliphatic rings. The Morgan fingerprint density at radius 1 is 1.12 bits per heavy atom. The number of hydrogen-bond donors (Lipinski definition) is 0. The molecule has 2 aromatic rings. The van der Waals surface area contributed by atoms with Crippen LogP contribution < -0.4 is 0 Å². The number of methoxy groups -OCH3 is 1. The molecule has 1 aliphatic carbocycles. The number of para-hydroxylation sites is 1. The van der Waals surface area contributed by atoms with Crippen LogP contribution >= 0.6 is 0 Å². The number of hydrogen-bond acceptors (Lipinski definition) is 4. The quantitative estimate of drug-likeness (QED) is 0.789. The normalized spacial score (nSPS) is 25.6. The van der Waals surface area contributed by atoms with Crippen molar-refractivity contribution in [3.05, 3.63) is 42.1 Å². The number of esters is 1. The summed E-state index contributed by atoms with van der Waals surface area (Å²) in [6.45, 7) is 0. The average Bonchev–Trinajstić information content (AvgIpc) is 3.06. The number of aromatic nitrogens is 1. The maximum Gasteiger partial charge on any atom is 0.328 e. The van der Waals surface area contributed by atoms with Crippen LogP contribution in [-0.2, 0) is 9.53 Å². The number of amides is 1. The Balaban J connectivity index is 1.70. The first-order chi connectivity index (χ1) is 12.2. The Labute approximate surface area is 147 Å². The smallest absolute Gasteiger partial charge is 0.328 e. The molecule has 0 spiro atoms. The molecule has 0 N–H and O–H groups in total. The second-order valence-electron chi connectivity index (χ2n) is 6.99. The van der Waals surface area contributed by atoms with Crippen LogP contribution in [0.1, 0.15) is 42.6 Å². The van der Waals surface area contributed by atoms with E-state index in [9.17, 15) is 9.59 Å². The van der Waals surface area contributed by atoms with E-state index in [-0.39, 0.29) is 17.9 Å². The molecule has 3 atom stereocenters. The van der Waals surface area contributed by atoms with Gasteiger partial charge in [0.2, 0.25) is 0 Å². The van der Waals surface area contributed by atoms with Crippen molar-refractivity contribution in [3.63, 3.8) is 0 Å². The highest BCUT2D eigenvalue weighted by molar-refractivity contribution is 5.97. The lowest BCUT2D eigenvalue weighted by atomic mass is 9.84. The number of carbonyl (C=O) groups excluding carboxylic acids is 2. The standard InChI is InChI=1S/C20H22N2O3/c1-25-20(24)18-12-14-7-3-5-9-17(14)22(18)19(23)16-11-10-13-6-2-4-8-15(13)21-16/h2,4,6,8,10-11,14,17-18H,3,5,7,9,12H2,1H3/t14-,17-,18-/m0/s1. The van der Waals surface area contributed by atoms with Crippen LogP contribution in [0.5, 0.6) is 0 Å². The maximum atomic E-state index is 13.2. The minimum absolute atomic E-state index is 0.124. The van der Waals surface area contributed by atoms with Crippen molar-refractivity contribution in [1.82, 2.24) is 9.88 Å². The molecule has 25 heavy (non-hydrogen) atoms. The van der Waals surface area contributed by atoms with Gasteiger partial charge in [0.25, 0.3) is 5.91 Å². The Bertz CT molecular complexity index is 819. The molecule has 130 valence electrons. The van der Waals surface area contributed by atoms with E-state index in [2.05, 4.69) is 4.98 Å². The summed E-state index contributed by atoms with van der Waals surface area (Å²) in [5.41, 5.74) is 1.20. The van der Waals surface area contributed by atoms with Gasteiger partial charge in [-0.05, 0) is 37.3 Å². The third kappa shape index (κ3) is 2.77. The van der Waals surface area contributed by atoms with Crippen molar-refractivity contribution < 1.29 is 14.3 Å². The molecule has 5 heteroatoms. The van der Waals surface area contributed by atoms with Gasteiger partial charge in [0.1, 0.15) is 11.7 Å². The Morgan fingerprint density at radius 3 is 2.76 bits per heavy atom. The monoisotopic (exact) mass is 338 g/mol. The number of nitrogens with zero attached hydrogens (tertiary/aromatic N) is 2. The van der Waals surface area contributed by atoms with Crippen molar-refractivity contribution in [1.29, 1.82) is 0 Å². The minimum Gasteiger partial charge on any atom is -0.467 e. The number of fused-ring (bicyclic) bond motifs is 2. The second-order valence-corrected chi connectivity index (χ2v) is 6.99. The number of benzene rings is 1. The van der Waals surface area contributed by atoms with Gasteiger partial charge in [-0.3, -0.25) is 4.79 Å². The highest BCUT2D eigenvalue weighted by Crippen LogP contribution is 2.40. The third-order valence-corrected chi connectivity index (χ3v) is 5.61. The van der Waals surface area contributed by atoms with Gasteiger partial charge in [0.15, 0.2) is 0 Å². The van der Waals surface area contributed by atoms with E-state index < -0.39 is 6.04 Å². The molecular weight excluding hydrogens is 316 g/mol. The lowest BCUT2D eigenvalue weighted by Gasteiger charge is -2.33. The molecule has 4 rings (SSSR count). The lowest BCUT2D eigenvalue weighted by Crippen LogP contribution is -2.46. The molecule has 1 amide bonds. The molecule has 5 nitrogen and oxygen atoms in total. The van der Waals surface area contributed by atoms with Crippen molar-refractivity contribution in [2.45, 2.75) is 44.2 Å². The van der Waals surface area contributed by atoms with Gasteiger partial charge in [-0.1, -0.05) is 37.1 Å². The summed E-state index contributed by atoms with van der Waals surface area (Å²) in [6.07, 6.45) is 5.01. The van der Waals surface area contributed by atoms with Gasteiger partial charge in [0, 0.05) is 11.4 Å². The van der Waals surface area contributed by atoms with Crippen molar-refractivity contribution >= 4 is 22.8 Å². The molecule has 2 heterocycles. The molecule has 1 saturated carbocycles. The molecular formula is C20H22N2O3. The van der Waals surface area contributed by atoms with E-state index in [1.807, 2.05) is 30.3 Å². The van der Waals surface area contributed by atoms with E-state index in [0.29, 0.717) is 18.0 Å². The number of likely N-dealkylation sites (tertiary alicyclic amines) is 1. The Hall–Kier alpha value is -2.43. The first-order valence-electron chi connectivity index (χ1n) is 8.95. The van der Waals surface area contributed by atoms with Crippen molar-refractivity contribution in [3.8, 4) is 0 Å². The zero-order valence-corrected chi connectivity index (χ0v) is 14.4. The fourth-order valence-electron chi connectivity index (χ4n) is 4.42. The summed E-state index contributed by atoms with van der Waals surface area (Å²) in [5, 5.41) is 1.00. The van der Waals surface area contributed by atoms with Crippen LogP contribution in [-0.4, -0.2) is 41.0 Å². The van der Waals surface area contributed by atoms with E-state index >= 15 is 0 Å². The molecule has 1 aromatic heterocycles. The summed E-state index contributed by atoms with van der Waals surface area (Å²) in [5.74, 6) is -0.0821. The van der Waals surface area contributed by atoms with Gasteiger partial charge in [-0.2, -0.15) is 0 Å². The first-order valence-corrected chi connectivity index (χ1v) is 8.95. The molecule has 2 fully saturated rings. The van der Waals surface area contributed by atoms with Gasteiger partial charge >= 0.3 is 5.97 Å². The molecule has 1 aliphatic heterocycles. The molecule has 0 radical (unpaired) electrons. The zero-order valence-electron chi connectivity index (χ0n) is 14.4. The second kappa shape index (κ2) is 6.47. The van der Waals surface area contributed by atoms with Crippen LogP contribution in [0.15, 0.2) is 36.4 Å². The summed E-state index contributed by atoms with van der Waals surface area (Å²) in [6, 6.07) is 11.0. The summed E-state index contributed by atoms with van der Waals surface area (Å²) >= 11 is 0. The van der Waals surface area contributed by atoms with E-state index in [4.69, 9.17) is 4.74 Å². The van der Waals surface area contributed by atoms with Crippen LogP contribution in [0.2, 0.25) is 0 Å². The summed E-state index contributed by atoms with van der Waals surface area (Å²) in [4.78, 5) is 31.8. The summed E-state index contributed by atoms with van der Waals surface area (Å²) < 4.78 is 4.97. The predicted molar refractivity (Wildman–Crippen MR) is 94.1 cm³/mol. The average molecular weight is 338 g/mol. The van der Waals surface area contributed by atoms with E-state index in [0.717, 1.165) is 30.2 Å². The van der Waals surface area contributed by atoms with E-state index in [1.54, 1.807) is 11.0 Å². The molecule has 0 bridgehead atoms. The van der Waals surface area contributed by atoms with Gasteiger partial charge in [0.05, 0.1) is 12.6 Å². The summed E-state index contributed by atoms with van der Waals surface area (Å²) in [7, 11) is 1.39. The highest BCUT2D eigenvalue weighted by atomic mass is 16.5. The van der Waals surface area contributed by atoms with Crippen LogP contribution in [0, 0.1) is 5.92 Å². The Morgan fingerprint density at radius 2 is 1.92 bits per heavy atom. The maximum absolute atomic E-state index is 13.2. The fourth-order valence-corrected chi connectivity index (χ4v) is 4.42.